The number of pyridine rings is 2. The molecule has 1 amide bonds. The fourth-order valence-electron chi connectivity index (χ4n) is 2.82. The highest BCUT2D eigenvalue weighted by molar-refractivity contribution is 6.08. The summed E-state index contributed by atoms with van der Waals surface area (Å²) in [5, 5.41) is 15.5. The molecule has 3 aromatic rings. The lowest BCUT2D eigenvalue weighted by Gasteiger charge is -2.14. The number of hydrogen-bond donors (Lipinski definition) is 2. The van der Waals surface area contributed by atoms with Crippen LogP contribution in [-0.2, 0) is 0 Å². The average molecular weight is 357 g/mol. The molecular weight excluding hydrogens is 335 g/mol. The van der Waals surface area contributed by atoms with E-state index in [1.165, 1.54) is 24.4 Å². The highest BCUT2D eigenvalue weighted by Gasteiger charge is 2.25. The summed E-state index contributed by atoms with van der Waals surface area (Å²) in [7, 11) is 0. The van der Waals surface area contributed by atoms with Crippen LogP contribution in [-0.4, -0.2) is 17.4 Å². The maximum absolute atomic E-state index is 14.8. The largest absolute Gasteiger partial charge is 0.618 e. The molecule has 0 unspecified atom stereocenters. The van der Waals surface area contributed by atoms with Gasteiger partial charge >= 0.3 is 11.6 Å². The van der Waals surface area contributed by atoms with Crippen molar-refractivity contribution in [3.05, 3.63) is 59.1 Å². The van der Waals surface area contributed by atoms with E-state index in [0.717, 1.165) is 12.3 Å². The summed E-state index contributed by atoms with van der Waals surface area (Å²) in [6, 6.07) is 5.36. The Hall–Kier alpha value is -3.22. The quantitative estimate of drug-likeness (QED) is 0.554. The summed E-state index contributed by atoms with van der Waals surface area (Å²) in [4.78, 5) is 16.2. The van der Waals surface area contributed by atoms with Crippen LogP contribution in [0.1, 0.15) is 33.6 Å². The van der Waals surface area contributed by atoms with E-state index in [9.17, 15) is 14.4 Å². The van der Waals surface area contributed by atoms with Crippen LogP contribution in [0.5, 0.6) is 0 Å². The molecule has 3 N–H and O–H groups in total. The second kappa shape index (κ2) is 6.95. The Morgan fingerprint density at radius 2 is 2.23 bits per heavy atom. The van der Waals surface area contributed by atoms with Crippen molar-refractivity contribution in [3.8, 4) is 11.1 Å². The van der Waals surface area contributed by atoms with Crippen LogP contribution >= 0.6 is 0 Å². The van der Waals surface area contributed by atoms with Gasteiger partial charge in [0.05, 0.1) is 5.39 Å². The minimum atomic E-state index is -2.59. The number of halogens is 1. The zero-order valence-electron chi connectivity index (χ0n) is 17.0. The number of amides is 1. The van der Waals surface area contributed by atoms with Crippen molar-refractivity contribution in [1.82, 2.24) is 10.3 Å². The number of hydrogen-bond acceptors (Lipinski definition) is 4. The van der Waals surface area contributed by atoms with E-state index in [2.05, 4.69) is 10.3 Å². The third-order valence-corrected chi connectivity index (χ3v) is 4.03. The Balaban J connectivity index is 2.32. The third-order valence-electron chi connectivity index (χ3n) is 4.03. The van der Waals surface area contributed by atoms with Gasteiger partial charge in [-0.3, -0.25) is 9.78 Å². The van der Waals surface area contributed by atoms with Crippen LogP contribution < -0.4 is 15.8 Å². The first kappa shape index (κ1) is 14.0. The molecular formula is C19H19FN4O2. The second-order valence-electron chi connectivity index (χ2n) is 5.76. The van der Waals surface area contributed by atoms with Crippen molar-refractivity contribution < 1.29 is 18.0 Å². The van der Waals surface area contributed by atoms with Gasteiger partial charge in [0.15, 0.2) is 6.20 Å². The minimum Gasteiger partial charge on any atom is -0.618 e. The number of nitrogens with one attached hydrogen (secondary N) is 1. The predicted octanol–water partition coefficient (Wildman–Crippen LogP) is 2.70. The summed E-state index contributed by atoms with van der Waals surface area (Å²) in [6.45, 7) is -0.368. The lowest BCUT2D eigenvalue weighted by molar-refractivity contribution is -0.605. The Bertz CT molecular complexity index is 1100. The van der Waals surface area contributed by atoms with Gasteiger partial charge < -0.3 is 16.3 Å². The number of rotatable bonds is 4. The predicted molar refractivity (Wildman–Crippen MR) is 97.9 cm³/mol. The molecule has 2 aromatic heterocycles. The standard InChI is InChI=1S/C19H19FN4O2/c1-3-8-23-19(25)18-17(21)13-6-7-15(20)16(14(13)10-24(18)26)12-5-4-9-22-11(12)2/h4-7,9-10H,3,8,21H2,1-2H3,(H,23,25)/i2D3. The Labute approximate surface area is 154 Å². The van der Waals surface area contributed by atoms with Crippen LogP contribution in [0.2, 0.25) is 0 Å². The van der Waals surface area contributed by atoms with Crippen molar-refractivity contribution in [2.24, 2.45) is 0 Å². The van der Waals surface area contributed by atoms with Crippen LogP contribution in [0.15, 0.2) is 36.7 Å². The van der Waals surface area contributed by atoms with Crippen LogP contribution in [0.3, 0.4) is 0 Å². The molecule has 26 heavy (non-hydrogen) atoms. The monoisotopic (exact) mass is 357 g/mol. The van der Waals surface area contributed by atoms with Gasteiger partial charge in [0.2, 0.25) is 0 Å². The molecule has 0 saturated carbocycles. The first-order valence-corrected chi connectivity index (χ1v) is 8.04. The molecule has 0 radical (unpaired) electrons. The first-order valence-electron chi connectivity index (χ1n) is 9.54. The molecule has 7 heteroatoms. The number of nitrogens with two attached hydrogens (primary N) is 1. The SMILES string of the molecule is [2H]C([2H])([2H])c1ncccc1-c1c(F)ccc2c(N)c(C(=O)NCCC)[n+]([O-])cc12. The summed E-state index contributed by atoms with van der Waals surface area (Å²) < 4.78 is 38.1. The van der Waals surface area contributed by atoms with E-state index in [0.29, 0.717) is 13.0 Å². The number of fused-ring (bicyclic) bond motifs is 1. The van der Waals surface area contributed by atoms with Crippen molar-refractivity contribution in [2.45, 2.75) is 20.2 Å². The van der Waals surface area contributed by atoms with E-state index in [1.807, 2.05) is 6.92 Å². The van der Waals surface area contributed by atoms with Crippen LogP contribution in [0.25, 0.3) is 21.9 Å². The molecule has 0 aliphatic rings. The van der Waals surface area contributed by atoms with Crippen LogP contribution in [0.4, 0.5) is 10.1 Å². The number of carbonyl (C=O) groups is 1. The third kappa shape index (κ3) is 2.92. The Morgan fingerprint density at radius 1 is 1.42 bits per heavy atom. The van der Waals surface area contributed by atoms with Gasteiger partial charge in [-0.25, -0.2) is 4.39 Å². The minimum absolute atomic E-state index is 0.0261. The molecule has 3 rings (SSSR count). The normalized spacial score (nSPS) is 13.1. The zero-order chi connectivity index (χ0) is 21.3. The van der Waals surface area contributed by atoms with Gasteiger partial charge in [0.1, 0.15) is 11.5 Å². The van der Waals surface area contributed by atoms with Crippen molar-refractivity contribution in [3.63, 3.8) is 0 Å². The smallest absolute Gasteiger partial charge is 0.319 e. The maximum atomic E-state index is 14.8. The lowest BCUT2D eigenvalue weighted by Crippen LogP contribution is -2.40. The molecule has 0 aliphatic heterocycles. The van der Waals surface area contributed by atoms with Gasteiger partial charge in [-0.1, -0.05) is 13.0 Å². The van der Waals surface area contributed by atoms with E-state index < -0.39 is 18.6 Å². The molecule has 0 aliphatic carbocycles. The lowest BCUT2D eigenvalue weighted by atomic mass is 9.96. The number of anilines is 1. The number of aromatic nitrogens is 2. The molecule has 0 saturated heterocycles. The number of nitrogen functional groups attached to an aromatic ring is 1. The van der Waals surface area contributed by atoms with Gasteiger partial charge in [0, 0.05) is 39.1 Å². The highest BCUT2D eigenvalue weighted by Crippen LogP contribution is 2.34. The average Bonchev–Trinajstić information content (AvgIpc) is 2.65. The number of carbonyl (C=O) groups excluding carboxylic acids is 1. The molecule has 6 nitrogen and oxygen atoms in total. The van der Waals surface area contributed by atoms with Gasteiger partial charge in [-0.15, -0.1) is 0 Å². The zero-order valence-corrected chi connectivity index (χ0v) is 14.0. The fourth-order valence-corrected chi connectivity index (χ4v) is 2.82. The first-order chi connectivity index (χ1) is 13.7. The summed E-state index contributed by atoms with van der Waals surface area (Å²) in [5.74, 6) is -1.38. The second-order valence-corrected chi connectivity index (χ2v) is 5.76. The molecule has 0 atom stereocenters. The topological polar surface area (TPSA) is 94.9 Å². The molecule has 0 fully saturated rings. The van der Waals surface area contributed by atoms with Crippen molar-refractivity contribution >= 4 is 22.4 Å². The number of nitrogens with zero attached hydrogens (tertiary/aromatic N) is 2. The molecule has 134 valence electrons. The van der Waals surface area contributed by atoms with E-state index in [4.69, 9.17) is 9.85 Å². The van der Waals surface area contributed by atoms with Gasteiger partial charge in [0.25, 0.3) is 0 Å². The molecule has 2 heterocycles. The summed E-state index contributed by atoms with van der Waals surface area (Å²) in [5.41, 5.74) is 5.28. The van der Waals surface area contributed by atoms with E-state index >= 15 is 0 Å². The van der Waals surface area contributed by atoms with E-state index in [1.54, 1.807) is 0 Å². The van der Waals surface area contributed by atoms with Gasteiger partial charge in [-0.05, 0) is 31.5 Å². The Morgan fingerprint density at radius 3 is 2.96 bits per heavy atom. The molecule has 0 bridgehead atoms. The van der Waals surface area contributed by atoms with E-state index in [-0.39, 0.29) is 43.7 Å². The number of benzene rings is 1. The van der Waals surface area contributed by atoms with Crippen LogP contribution in [0, 0.1) is 17.9 Å². The summed E-state index contributed by atoms with van der Waals surface area (Å²) in [6.07, 6.45) is 3.00. The highest BCUT2D eigenvalue weighted by atomic mass is 19.1. The maximum Gasteiger partial charge on any atom is 0.319 e. The Kier molecular flexibility index (Phi) is 3.74. The molecule has 0 spiro atoms. The fraction of sp³-hybridized carbons (Fsp3) is 0.211. The number of aryl methyl sites for hydroxylation is 1. The molecule has 1 aromatic carbocycles. The van der Waals surface area contributed by atoms with Gasteiger partial charge in [-0.2, -0.15) is 4.73 Å². The summed E-state index contributed by atoms with van der Waals surface area (Å²) >= 11 is 0. The van der Waals surface area contributed by atoms with Crippen molar-refractivity contribution in [1.29, 1.82) is 0 Å². The van der Waals surface area contributed by atoms with Crippen molar-refractivity contribution in [2.75, 3.05) is 12.3 Å².